The second-order valence-electron chi connectivity index (χ2n) is 7.66. The van der Waals surface area contributed by atoms with Gasteiger partial charge in [0.1, 0.15) is 5.82 Å². The number of aryl methyl sites for hydroxylation is 2. The highest BCUT2D eigenvalue weighted by atomic mass is 32.2. The van der Waals surface area contributed by atoms with Crippen molar-refractivity contribution in [3.63, 3.8) is 0 Å². The fourth-order valence-electron chi connectivity index (χ4n) is 3.77. The average Bonchev–Trinajstić information content (AvgIpc) is 3.16. The van der Waals surface area contributed by atoms with Crippen LogP contribution in [-0.4, -0.2) is 41.3 Å². The average molecular weight is 468 g/mol. The molecule has 0 aliphatic carbocycles. The second-order valence-corrected chi connectivity index (χ2v) is 9.59. The van der Waals surface area contributed by atoms with E-state index in [0.717, 1.165) is 24.3 Å². The minimum absolute atomic E-state index is 0.153. The van der Waals surface area contributed by atoms with Gasteiger partial charge in [-0.15, -0.1) is 0 Å². The number of imidazole rings is 1. The zero-order valence-electron chi connectivity index (χ0n) is 19.2. The molecule has 0 fully saturated rings. The molecule has 9 heteroatoms. The van der Waals surface area contributed by atoms with Crippen LogP contribution in [-0.2, 0) is 27.8 Å². The number of nitriles is 1. The molecule has 174 valence electrons. The van der Waals surface area contributed by atoms with Gasteiger partial charge in [-0.1, -0.05) is 20.8 Å². The summed E-state index contributed by atoms with van der Waals surface area (Å²) in [6, 6.07) is 13.8. The normalized spacial score (nSPS) is 11.6. The highest BCUT2D eigenvalue weighted by Gasteiger charge is 2.23. The van der Waals surface area contributed by atoms with Crippen LogP contribution in [0.4, 0.5) is 5.69 Å². The second kappa shape index (κ2) is 10.6. The Hall–Kier alpha value is -3.22. The van der Waals surface area contributed by atoms with Crippen molar-refractivity contribution in [2.45, 2.75) is 51.5 Å². The number of fused-ring (bicyclic) bond motifs is 1. The van der Waals surface area contributed by atoms with Gasteiger partial charge in [0.05, 0.1) is 27.6 Å². The molecule has 0 saturated heterocycles. The summed E-state index contributed by atoms with van der Waals surface area (Å²) in [6.07, 6.45) is 1.54. The summed E-state index contributed by atoms with van der Waals surface area (Å²) in [6.45, 7) is 7.23. The van der Waals surface area contributed by atoms with E-state index >= 15 is 0 Å². The number of aromatic nitrogens is 2. The lowest BCUT2D eigenvalue weighted by molar-refractivity contribution is -0.116. The van der Waals surface area contributed by atoms with Crippen molar-refractivity contribution in [3.05, 3.63) is 53.9 Å². The van der Waals surface area contributed by atoms with E-state index < -0.39 is 10.0 Å². The third-order valence-electron chi connectivity index (χ3n) is 5.46. The molecule has 0 atom stereocenters. The summed E-state index contributed by atoms with van der Waals surface area (Å²) < 4.78 is 29.3. The van der Waals surface area contributed by atoms with E-state index in [4.69, 9.17) is 5.26 Å². The quantitative estimate of drug-likeness (QED) is 0.486. The Morgan fingerprint density at radius 2 is 1.82 bits per heavy atom. The van der Waals surface area contributed by atoms with Gasteiger partial charge in [-0.25, -0.2) is 13.4 Å². The number of hydrogen-bond donors (Lipinski definition) is 1. The van der Waals surface area contributed by atoms with E-state index in [9.17, 15) is 13.2 Å². The van der Waals surface area contributed by atoms with Gasteiger partial charge in [0, 0.05) is 38.2 Å². The number of amides is 1. The molecule has 0 bridgehead atoms. The van der Waals surface area contributed by atoms with E-state index in [1.54, 1.807) is 42.5 Å². The Labute approximate surface area is 194 Å². The van der Waals surface area contributed by atoms with Gasteiger partial charge in [-0.05, 0) is 48.9 Å². The van der Waals surface area contributed by atoms with E-state index in [2.05, 4.69) is 21.8 Å². The molecule has 3 rings (SSSR count). The number of sulfonamides is 1. The van der Waals surface area contributed by atoms with Gasteiger partial charge in [-0.2, -0.15) is 9.57 Å². The first-order valence-electron chi connectivity index (χ1n) is 11.1. The minimum atomic E-state index is -3.57. The number of rotatable bonds is 10. The van der Waals surface area contributed by atoms with Gasteiger partial charge < -0.3 is 9.88 Å². The first kappa shape index (κ1) is 24.4. The van der Waals surface area contributed by atoms with Crippen LogP contribution in [0.5, 0.6) is 0 Å². The Morgan fingerprint density at radius 3 is 2.42 bits per heavy atom. The molecule has 1 aromatic heterocycles. The van der Waals surface area contributed by atoms with E-state index in [1.807, 2.05) is 19.9 Å². The zero-order valence-corrected chi connectivity index (χ0v) is 20.0. The van der Waals surface area contributed by atoms with Gasteiger partial charge in [0.15, 0.2) is 0 Å². The molecule has 0 aliphatic heterocycles. The van der Waals surface area contributed by atoms with Crippen LogP contribution in [0.3, 0.4) is 0 Å². The maximum absolute atomic E-state index is 12.9. The summed E-state index contributed by atoms with van der Waals surface area (Å²) >= 11 is 0. The number of hydrogen-bond acceptors (Lipinski definition) is 5. The van der Waals surface area contributed by atoms with Crippen molar-refractivity contribution >= 4 is 32.7 Å². The van der Waals surface area contributed by atoms with Crippen LogP contribution in [0.2, 0.25) is 0 Å². The van der Waals surface area contributed by atoms with Crippen LogP contribution in [0.15, 0.2) is 47.4 Å². The first-order chi connectivity index (χ1) is 15.8. The van der Waals surface area contributed by atoms with E-state index in [1.165, 1.54) is 4.31 Å². The molecule has 0 unspecified atom stereocenters. The number of carbonyl (C=O) groups excluding carboxylic acids is 1. The van der Waals surface area contributed by atoms with Gasteiger partial charge in [0.25, 0.3) is 0 Å². The van der Waals surface area contributed by atoms with Crippen molar-refractivity contribution in [2.75, 3.05) is 18.4 Å². The fourth-order valence-corrected chi connectivity index (χ4v) is 5.25. The van der Waals surface area contributed by atoms with Crippen LogP contribution in [0, 0.1) is 11.3 Å². The van der Waals surface area contributed by atoms with Gasteiger partial charge in [0.2, 0.25) is 15.9 Å². The Bertz CT molecular complexity index is 1270. The molecule has 2 aromatic carbocycles. The van der Waals surface area contributed by atoms with Gasteiger partial charge in [-0.3, -0.25) is 4.79 Å². The minimum Gasteiger partial charge on any atom is -0.328 e. The van der Waals surface area contributed by atoms with Crippen molar-refractivity contribution < 1.29 is 13.2 Å². The predicted molar refractivity (Wildman–Crippen MR) is 128 cm³/mol. The third-order valence-corrected chi connectivity index (χ3v) is 7.51. The van der Waals surface area contributed by atoms with Crippen molar-refractivity contribution in [2.24, 2.45) is 0 Å². The molecule has 1 heterocycles. The molecule has 0 spiro atoms. The summed E-state index contributed by atoms with van der Waals surface area (Å²) in [7, 11) is -3.57. The lowest BCUT2D eigenvalue weighted by Crippen LogP contribution is -2.30. The largest absolute Gasteiger partial charge is 0.328 e. The number of nitrogens with zero attached hydrogens (tertiary/aromatic N) is 4. The highest BCUT2D eigenvalue weighted by Crippen LogP contribution is 2.24. The molecule has 0 radical (unpaired) electrons. The molecule has 3 aromatic rings. The summed E-state index contributed by atoms with van der Waals surface area (Å²) in [4.78, 5) is 17.4. The van der Waals surface area contributed by atoms with E-state index in [0.29, 0.717) is 36.3 Å². The molecule has 1 N–H and O–H groups in total. The number of carbonyl (C=O) groups is 1. The monoisotopic (exact) mass is 467 g/mol. The summed E-state index contributed by atoms with van der Waals surface area (Å²) in [5.41, 5.74) is 2.63. The summed E-state index contributed by atoms with van der Waals surface area (Å²) in [5.74, 6) is 0.596. The summed E-state index contributed by atoms with van der Waals surface area (Å²) in [5, 5.41) is 11.7. The number of benzene rings is 2. The molecular formula is C24H29N5O3S. The SMILES string of the molecule is CCCn1c(CCC(=O)Nc2ccc(C#N)cc2)nc2cc(S(=O)(=O)N(CC)CC)ccc21. The van der Waals surface area contributed by atoms with Crippen LogP contribution in [0.25, 0.3) is 11.0 Å². The smallest absolute Gasteiger partial charge is 0.243 e. The Kier molecular flexibility index (Phi) is 7.84. The Morgan fingerprint density at radius 1 is 1.12 bits per heavy atom. The molecule has 0 saturated carbocycles. The maximum atomic E-state index is 12.9. The number of anilines is 1. The van der Waals surface area contributed by atoms with Crippen molar-refractivity contribution in [1.82, 2.24) is 13.9 Å². The van der Waals surface area contributed by atoms with Crippen molar-refractivity contribution in [1.29, 1.82) is 5.26 Å². The van der Waals surface area contributed by atoms with Gasteiger partial charge >= 0.3 is 0 Å². The lowest BCUT2D eigenvalue weighted by Gasteiger charge is -2.18. The molecular weight excluding hydrogens is 438 g/mol. The highest BCUT2D eigenvalue weighted by molar-refractivity contribution is 7.89. The lowest BCUT2D eigenvalue weighted by atomic mass is 10.2. The molecule has 33 heavy (non-hydrogen) atoms. The maximum Gasteiger partial charge on any atom is 0.243 e. The van der Waals surface area contributed by atoms with Crippen molar-refractivity contribution in [3.8, 4) is 6.07 Å². The fraction of sp³-hybridized carbons (Fsp3) is 0.375. The zero-order chi connectivity index (χ0) is 24.0. The standard InChI is InChI=1S/C24H29N5O3S/c1-4-15-29-22-12-11-20(33(31,32)28(5-2)6-3)16-21(22)27-23(29)13-14-24(30)26-19-9-7-18(17-25)8-10-19/h7-12,16H,4-6,13-15H2,1-3H3,(H,26,30). The first-order valence-corrected chi connectivity index (χ1v) is 12.6. The van der Waals surface area contributed by atoms with Crippen LogP contribution < -0.4 is 5.32 Å². The van der Waals surface area contributed by atoms with Crippen LogP contribution >= 0.6 is 0 Å². The predicted octanol–water partition coefficient (Wildman–Crippen LogP) is 3.92. The molecule has 1 amide bonds. The molecule has 8 nitrogen and oxygen atoms in total. The third kappa shape index (κ3) is 5.41. The number of nitrogens with one attached hydrogen (secondary N) is 1. The Balaban J connectivity index is 1.82. The van der Waals surface area contributed by atoms with E-state index in [-0.39, 0.29) is 17.2 Å². The van der Waals surface area contributed by atoms with Crippen LogP contribution in [0.1, 0.15) is 45.0 Å². The topological polar surface area (TPSA) is 108 Å². The molecule has 0 aliphatic rings.